The van der Waals surface area contributed by atoms with Crippen LogP contribution in [0, 0.1) is 5.41 Å². The van der Waals surface area contributed by atoms with Crippen LogP contribution < -0.4 is 11.1 Å². The molecule has 4 N–H and O–H groups in total. The first-order valence-electron chi connectivity index (χ1n) is 7.75. The number of rotatable bonds is 10. The molecule has 0 saturated carbocycles. The zero-order valence-electron chi connectivity index (χ0n) is 13.1. The van der Waals surface area contributed by atoms with Gasteiger partial charge in [-0.05, 0) is 32.1 Å². The summed E-state index contributed by atoms with van der Waals surface area (Å²) in [6.45, 7) is 2.95. The predicted molar refractivity (Wildman–Crippen MR) is 84.4 cm³/mol. The second-order valence-electron chi connectivity index (χ2n) is 5.56. The number of unbranched alkanes of at least 4 members (excludes halogenated alkanes) is 1. The van der Waals surface area contributed by atoms with Gasteiger partial charge in [0.2, 0.25) is 0 Å². The molecule has 1 atom stereocenters. The lowest BCUT2D eigenvalue weighted by atomic mass is 9.84. The Morgan fingerprint density at radius 2 is 2.00 bits per heavy atom. The summed E-state index contributed by atoms with van der Waals surface area (Å²) in [5.74, 6) is -0.993. The monoisotopic (exact) mass is 310 g/mol. The Balaban J connectivity index is 2.06. The zero-order chi connectivity index (χ0) is 16.4. The normalized spacial score (nSPS) is 16.5. The molecule has 1 unspecified atom stereocenters. The van der Waals surface area contributed by atoms with Crippen molar-refractivity contribution < 1.29 is 19.4 Å². The average molecular weight is 310 g/mol. The van der Waals surface area contributed by atoms with E-state index in [2.05, 4.69) is 24.4 Å². The Labute approximate surface area is 131 Å². The van der Waals surface area contributed by atoms with Crippen molar-refractivity contribution in [3.63, 3.8) is 0 Å². The first-order chi connectivity index (χ1) is 10.5. The van der Waals surface area contributed by atoms with Crippen molar-refractivity contribution in [3.05, 3.63) is 24.3 Å². The fraction of sp³-hybridized carbons (Fsp3) is 0.625. The van der Waals surface area contributed by atoms with Crippen molar-refractivity contribution in [1.29, 1.82) is 0 Å². The molecule has 0 aromatic heterocycles. The first kappa shape index (κ1) is 18.2. The number of aliphatic carboxylic acids is 1. The standard InChI is InChI=1S/C16H26N2O4/c1-2-16(8-4-5-9-16)10-12-22-15(21)18-11-6-3-7-13(17)14(19)20/h4-5,8-9,13H,2-3,6-7,10-12,17H2,1H3,(H,18,21)(H,19,20). The van der Waals surface area contributed by atoms with Gasteiger partial charge in [-0.25, -0.2) is 4.79 Å². The maximum atomic E-state index is 11.5. The van der Waals surface area contributed by atoms with Gasteiger partial charge >= 0.3 is 12.1 Å². The Kier molecular flexibility index (Phi) is 7.66. The highest BCUT2D eigenvalue weighted by molar-refractivity contribution is 5.72. The summed E-state index contributed by atoms with van der Waals surface area (Å²) in [6.07, 6.45) is 11.4. The summed E-state index contributed by atoms with van der Waals surface area (Å²) in [7, 11) is 0. The third-order valence-electron chi connectivity index (χ3n) is 3.95. The molecular weight excluding hydrogens is 284 g/mol. The van der Waals surface area contributed by atoms with E-state index in [1.165, 1.54) is 0 Å². The van der Waals surface area contributed by atoms with Gasteiger partial charge < -0.3 is 20.9 Å². The minimum absolute atomic E-state index is 0.0211. The third-order valence-corrected chi connectivity index (χ3v) is 3.95. The van der Waals surface area contributed by atoms with Gasteiger partial charge in [0.25, 0.3) is 0 Å². The molecule has 6 heteroatoms. The largest absolute Gasteiger partial charge is 0.480 e. The van der Waals surface area contributed by atoms with Crippen molar-refractivity contribution in [2.45, 2.75) is 45.1 Å². The number of carboxylic acids is 1. The van der Waals surface area contributed by atoms with E-state index < -0.39 is 18.1 Å². The van der Waals surface area contributed by atoms with Gasteiger partial charge in [-0.1, -0.05) is 31.2 Å². The number of carboxylic acid groups (broad SMARTS) is 1. The summed E-state index contributed by atoms with van der Waals surface area (Å²) in [5, 5.41) is 11.3. The molecule has 0 aliphatic heterocycles. The number of carbonyl (C=O) groups is 2. The van der Waals surface area contributed by atoms with E-state index in [4.69, 9.17) is 15.6 Å². The van der Waals surface area contributed by atoms with Crippen LogP contribution in [0.1, 0.15) is 39.0 Å². The molecule has 0 bridgehead atoms. The number of ether oxygens (including phenoxy) is 1. The van der Waals surface area contributed by atoms with Gasteiger partial charge in [-0.3, -0.25) is 4.79 Å². The number of nitrogens with two attached hydrogens (primary N) is 1. The Morgan fingerprint density at radius 1 is 1.32 bits per heavy atom. The van der Waals surface area contributed by atoms with Crippen molar-refractivity contribution >= 4 is 12.1 Å². The molecule has 1 aliphatic rings. The van der Waals surface area contributed by atoms with E-state index in [-0.39, 0.29) is 5.41 Å². The average Bonchev–Trinajstić information content (AvgIpc) is 2.96. The summed E-state index contributed by atoms with van der Waals surface area (Å²) in [4.78, 5) is 22.1. The van der Waals surface area contributed by atoms with Crippen molar-refractivity contribution in [2.24, 2.45) is 11.1 Å². The van der Waals surface area contributed by atoms with Gasteiger partial charge in [-0.2, -0.15) is 0 Å². The minimum Gasteiger partial charge on any atom is -0.480 e. The van der Waals surface area contributed by atoms with Crippen LogP contribution in [0.15, 0.2) is 24.3 Å². The van der Waals surface area contributed by atoms with Gasteiger partial charge in [-0.15, -0.1) is 0 Å². The maximum Gasteiger partial charge on any atom is 0.407 e. The Hall–Kier alpha value is -1.82. The van der Waals surface area contributed by atoms with Crippen LogP contribution >= 0.6 is 0 Å². The number of hydrogen-bond donors (Lipinski definition) is 3. The molecule has 1 rings (SSSR count). The second kappa shape index (κ2) is 9.25. The molecule has 0 fully saturated rings. The molecule has 1 aliphatic carbocycles. The van der Waals surface area contributed by atoms with Crippen LogP contribution in [-0.2, 0) is 9.53 Å². The number of alkyl carbamates (subject to hydrolysis) is 1. The SMILES string of the molecule is CCC1(CCOC(=O)NCCCCC(N)C(=O)O)C=CC=C1. The van der Waals surface area contributed by atoms with E-state index in [0.717, 1.165) is 12.8 Å². The topological polar surface area (TPSA) is 102 Å². The quantitative estimate of drug-likeness (QED) is 0.537. The highest BCUT2D eigenvalue weighted by Gasteiger charge is 2.23. The number of allylic oxidation sites excluding steroid dienone is 4. The van der Waals surface area contributed by atoms with Crippen LogP contribution in [0.5, 0.6) is 0 Å². The van der Waals surface area contributed by atoms with Crippen molar-refractivity contribution in [1.82, 2.24) is 5.32 Å². The van der Waals surface area contributed by atoms with E-state index in [9.17, 15) is 9.59 Å². The highest BCUT2D eigenvalue weighted by Crippen LogP contribution is 2.33. The minimum atomic E-state index is -0.993. The van der Waals surface area contributed by atoms with Crippen LogP contribution in [0.3, 0.4) is 0 Å². The summed E-state index contributed by atoms with van der Waals surface area (Å²) >= 11 is 0. The van der Waals surface area contributed by atoms with Gasteiger partial charge in [0.15, 0.2) is 0 Å². The van der Waals surface area contributed by atoms with Crippen LogP contribution in [-0.4, -0.2) is 36.4 Å². The molecule has 0 aromatic rings. The van der Waals surface area contributed by atoms with Crippen LogP contribution in [0.25, 0.3) is 0 Å². The zero-order valence-corrected chi connectivity index (χ0v) is 13.1. The third kappa shape index (κ3) is 6.30. The predicted octanol–water partition coefficient (Wildman–Crippen LogP) is 2.21. The summed E-state index contributed by atoms with van der Waals surface area (Å²) in [5.41, 5.74) is 5.41. The number of carbonyl (C=O) groups excluding carboxylic acids is 1. The molecule has 0 aromatic carbocycles. The maximum absolute atomic E-state index is 11.5. The molecule has 1 amide bonds. The molecule has 0 spiro atoms. The highest BCUT2D eigenvalue weighted by atomic mass is 16.5. The van der Waals surface area contributed by atoms with Gasteiger partial charge in [0, 0.05) is 12.0 Å². The first-order valence-corrected chi connectivity index (χ1v) is 7.75. The number of nitrogens with one attached hydrogen (secondary N) is 1. The molecule has 124 valence electrons. The second-order valence-corrected chi connectivity index (χ2v) is 5.56. The molecule has 0 radical (unpaired) electrons. The molecule has 0 saturated heterocycles. The summed E-state index contributed by atoms with van der Waals surface area (Å²) < 4.78 is 5.16. The fourth-order valence-corrected chi connectivity index (χ4v) is 2.32. The van der Waals surface area contributed by atoms with E-state index in [1.54, 1.807) is 0 Å². The Morgan fingerprint density at radius 3 is 2.59 bits per heavy atom. The molecule has 0 heterocycles. The fourth-order valence-electron chi connectivity index (χ4n) is 2.32. The summed E-state index contributed by atoms with van der Waals surface area (Å²) in [6, 6.07) is -0.829. The Bertz CT molecular complexity index is 420. The van der Waals surface area contributed by atoms with Gasteiger partial charge in [0.1, 0.15) is 6.04 Å². The molecule has 22 heavy (non-hydrogen) atoms. The van der Waals surface area contributed by atoms with E-state index in [1.807, 2.05) is 12.2 Å². The lowest BCUT2D eigenvalue weighted by molar-refractivity contribution is -0.138. The number of amides is 1. The van der Waals surface area contributed by atoms with Gasteiger partial charge in [0.05, 0.1) is 6.61 Å². The molecule has 6 nitrogen and oxygen atoms in total. The lowest BCUT2D eigenvalue weighted by Crippen LogP contribution is -2.30. The smallest absolute Gasteiger partial charge is 0.407 e. The molecular formula is C16H26N2O4. The lowest BCUT2D eigenvalue weighted by Gasteiger charge is -2.23. The van der Waals surface area contributed by atoms with E-state index in [0.29, 0.717) is 32.4 Å². The van der Waals surface area contributed by atoms with Crippen LogP contribution in [0.2, 0.25) is 0 Å². The van der Waals surface area contributed by atoms with Crippen LogP contribution in [0.4, 0.5) is 4.79 Å². The number of hydrogen-bond acceptors (Lipinski definition) is 4. The van der Waals surface area contributed by atoms with E-state index >= 15 is 0 Å². The van der Waals surface area contributed by atoms with Crippen molar-refractivity contribution in [2.75, 3.05) is 13.2 Å². The van der Waals surface area contributed by atoms with Crippen molar-refractivity contribution in [3.8, 4) is 0 Å².